The molecular formula is C21H29N5S2. The third-order valence-electron chi connectivity index (χ3n) is 5.34. The molecule has 0 bridgehead atoms. The predicted molar refractivity (Wildman–Crippen MR) is 122 cm³/mol. The van der Waals surface area contributed by atoms with Gasteiger partial charge < -0.3 is 10.2 Å². The molecule has 7 heteroatoms. The van der Waals surface area contributed by atoms with Crippen LogP contribution in [0.5, 0.6) is 0 Å². The van der Waals surface area contributed by atoms with Gasteiger partial charge in [0.1, 0.15) is 10.6 Å². The molecule has 1 aliphatic carbocycles. The molecule has 4 rings (SSSR count). The van der Waals surface area contributed by atoms with Crippen molar-refractivity contribution < 1.29 is 0 Å². The highest BCUT2D eigenvalue weighted by Gasteiger charge is 2.24. The second kappa shape index (κ2) is 8.51. The molecule has 0 aliphatic heterocycles. The Morgan fingerprint density at radius 1 is 1.14 bits per heavy atom. The molecule has 1 aliphatic rings. The summed E-state index contributed by atoms with van der Waals surface area (Å²) in [5.74, 6) is 0.972. The number of anilines is 1. The topological polar surface area (TPSA) is 53.9 Å². The largest absolute Gasteiger partial charge is 0.369 e. The molecule has 0 amide bonds. The third-order valence-corrected chi connectivity index (χ3v) is 6.97. The Bertz CT molecular complexity index is 996. The molecule has 0 radical (unpaired) electrons. The van der Waals surface area contributed by atoms with Crippen LogP contribution < -0.4 is 5.32 Å². The highest BCUT2D eigenvalue weighted by molar-refractivity contribution is 7.98. The molecule has 0 fully saturated rings. The minimum Gasteiger partial charge on any atom is -0.369 e. The Kier molecular flexibility index (Phi) is 6.04. The van der Waals surface area contributed by atoms with Crippen LogP contribution in [0.25, 0.3) is 20.4 Å². The van der Waals surface area contributed by atoms with Crippen LogP contribution in [0.1, 0.15) is 43.0 Å². The van der Waals surface area contributed by atoms with Crippen LogP contribution in [0.3, 0.4) is 0 Å². The Hall–Kier alpha value is -1.44. The second-order valence-corrected chi connectivity index (χ2v) is 9.49. The van der Waals surface area contributed by atoms with Gasteiger partial charge >= 0.3 is 0 Å². The van der Waals surface area contributed by atoms with E-state index < -0.39 is 0 Å². The highest BCUT2D eigenvalue weighted by Crippen LogP contribution is 2.42. The second-order valence-electron chi connectivity index (χ2n) is 7.72. The lowest BCUT2D eigenvalue weighted by Gasteiger charge is -2.11. The summed E-state index contributed by atoms with van der Waals surface area (Å²) in [4.78, 5) is 18.2. The Morgan fingerprint density at radius 2 is 1.96 bits per heavy atom. The van der Waals surface area contributed by atoms with Crippen LogP contribution in [-0.2, 0) is 19.3 Å². The van der Waals surface area contributed by atoms with Gasteiger partial charge in [0.05, 0.1) is 10.2 Å². The van der Waals surface area contributed by atoms with Gasteiger partial charge in [-0.05, 0) is 70.1 Å². The fourth-order valence-corrected chi connectivity index (χ4v) is 5.58. The lowest BCUT2D eigenvalue weighted by molar-refractivity contribution is 0.405. The van der Waals surface area contributed by atoms with Crippen LogP contribution in [0.15, 0.2) is 5.16 Å². The quantitative estimate of drug-likeness (QED) is 0.325. The third kappa shape index (κ3) is 3.72. The minimum atomic E-state index is 0.840. The number of thiophene rings is 1. The molecule has 0 atom stereocenters. The first kappa shape index (κ1) is 19.9. The molecule has 0 aromatic carbocycles. The average molecular weight is 416 g/mol. The number of rotatable bonds is 8. The lowest BCUT2D eigenvalue weighted by atomic mass is 10.0. The molecule has 0 spiro atoms. The van der Waals surface area contributed by atoms with E-state index in [2.05, 4.69) is 31.2 Å². The SMILES string of the molecule is CCCc1nc2sc3c(NCCCN(C)C)nc(SC)nc3c2c2c1CCC2. The first-order valence-electron chi connectivity index (χ1n) is 10.2. The van der Waals surface area contributed by atoms with Crippen molar-refractivity contribution in [3.05, 3.63) is 16.8 Å². The van der Waals surface area contributed by atoms with Gasteiger partial charge in [-0.25, -0.2) is 15.0 Å². The first-order chi connectivity index (χ1) is 13.6. The maximum absolute atomic E-state index is 5.10. The van der Waals surface area contributed by atoms with Crippen molar-refractivity contribution in [3.8, 4) is 0 Å². The van der Waals surface area contributed by atoms with Crippen molar-refractivity contribution in [2.24, 2.45) is 0 Å². The van der Waals surface area contributed by atoms with Crippen LogP contribution in [0, 0.1) is 0 Å². The molecule has 3 heterocycles. The zero-order valence-electron chi connectivity index (χ0n) is 17.3. The molecule has 28 heavy (non-hydrogen) atoms. The van der Waals surface area contributed by atoms with Crippen molar-refractivity contribution in [1.82, 2.24) is 19.9 Å². The van der Waals surface area contributed by atoms with E-state index in [0.717, 1.165) is 64.8 Å². The summed E-state index contributed by atoms with van der Waals surface area (Å²) in [6.07, 6.45) is 8.91. The number of hydrogen-bond donors (Lipinski definition) is 1. The molecule has 3 aromatic heterocycles. The summed E-state index contributed by atoms with van der Waals surface area (Å²) < 4.78 is 1.16. The lowest BCUT2D eigenvalue weighted by Crippen LogP contribution is -2.16. The number of fused-ring (bicyclic) bond motifs is 5. The zero-order chi connectivity index (χ0) is 19.7. The number of nitrogens with one attached hydrogen (secondary N) is 1. The standard InChI is InChI=1S/C21H29N5S2/c1-5-8-15-13-9-6-10-14(13)16-17-18(28-20(16)23-15)19(25-21(24-17)27-4)22-11-7-12-26(2)3/h5-12H2,1-4H3,(H,22,24,25). The number of aromatic nitrogens is 3. The maximum atomic E-state index is 5.10. The van der Waals surface area contributed by atoms with Gasteiger partial charge in [-0.1, -0.05) is 25.1 Å². The Morgan fingerprint density at radius 3 is 2.71 bits per heavy atom. The van der Waals surface area contributed by atoms with Gasteiger partial charge in [0.15, 0.2) is 5.16 Å². The highest BCUT2D eigenvalue weighted by atomic mass is 32.2. The number of nitrogens with zero attached hydrogens (tertiary/aromatic N) is 4. The summed E-state index contributed by atoms with van der Waals surface area (Å²) in [6.45, 7) is 4.22. The number of hydrogen-bond acceptors (Lipinski definition) is 7. The van der Waals surface area contributed by atoms with Gasteiger partial charge in [0.25, 0.3) is 0 Å². The van der Waals surface area contributed by atoms with Crippen LogP contribution in [-0.4, -0.2) is 53.3 Å². The zero-order valence-corrected chi connectivity index (χ0v) is 18.9. The molecule has 5 nitrogen and oxygen atoms in total. The normalized spacial score (nSPS) is 13.8. The van der Waals surface area contributed by atoms with Crippen molar-refractivity contribution in [1.29, 1.82) is 0 Å². The van der Waals surface area contributed by atoms with E-state index in [9.17, 15) is 0 Å². The van der Waals surface area contributed by atoms with E-state index >= 15 is 0 Å². The summed E-state index contributed by atoms with van der Waals surface area (Å²) in [5.41, 5.74) is 5.42. The molecule has 3 aromatic rings. The van der Waals surface area contributed by atoms with Gasteiger partial charge in [0.2, 0.25) is 0 Å². The molecule has 0 unspecified atom stereocenters. The first-order valence-corrected chi connectivity index (χ1v) is 12.2. The van der Waals surface area contributed by atoms with Crippen molar-refractivity contribution in [3.63, 3.8) is 0 Å². The summed E-state index contributed by atoms with van der Waals surface area (Å²) in [5, 5.41) is 5.71. The number of thioether (sulfide) groups is 1. The molecule has 150 valence electrons. The van der Waals surface area contributed by atoms with Crippen LogP contribution in [0.4, 0.5) is 5.82 Å². The fraction of sp³-hybridized carbons (Fsp3) is 0.571. The average Bonchev–Trinajstić information content (AvgIpc) is 3.29. The molecular weight excluding hydrogens is 386 g/mol. The van der Waals surface area contributed by atoms with Crippen molar-refractivity contribution in [2.45, 2.75) is 50.6 Å². The predicted octanol–water partition coefficient (Wildman–Crippen LogP) is 4.77. The van der Waals surface area contributed by atoms with Gasteiger partial charge in [-0.15, -0.1) is 11.3 Å². The Labute approximate surface area is 175 Å². The van der Waals surface area contributed by atoms with Crippen LogP contribution >= 0.6 is 23.1 Å². The van der Waals surface area contributed by atoms with Gasteiger partial charge in [0, 0.05) is 17.6 Å². The number of aryl methyl sites for hydroxylation is 2. The minimum absolute atomic E-state index is 0.840. The van der Waals surface area contributed by atoms with E-state index in [0.29, 0.717) is 0 Å². The van der Waals surface area contributed by atoms with E-state index in [1.165, 1.54) is 35.0 Å². The summed E-state index contributed by atoms with van der Waals surface area (Å²) in [7, 11) is 4.22. The smallest absolute Gasteiger partial charge is 0.189 e. The van der Waals surface area contributed by atoms with Crippen molar-refractivity contribution >= 4 is 49.3 Å². The number of pyridine rings is 1. The van der Waals surface area contributed by atoms with Crippen LogP contribution in [0.2, 0.25) is 0 Å². The van der Waals surface area contributed by atoms with Gasteiger partial charge in [-0.3, -0.25) is 0 Å². The summed E-state index contributed by atoms with van der Waals surface area (Å²) >= 11 is 3.37. The van der Waals surface area contributed by atoms with E-state index in [-0.39, 0.29) is 0 Å². The summed E-state index contributed by atoms with van der Waals surface area (Å²) in [6, 6.07) is 0. The molecule has 1 N–H and O–H groups in total. The van der Waals surface area contributed by atoms with Crippen molar-refractivity contribution in [2.75, 3.05) is 38.8 Å². The Balaban J connectivity index is 1.82. The molecule has 0 saturated heterocycles. The van der Waals surface area contributed by atoms with E-state index in [1.807, 2.05) is 6.26 Å². The van der Waals surface area contributed by atoms with E-state index in [1.54, 1.807) is 23.1 Å². The van der Waals surface area contributed by atoms with E-state index in [4.69, 9.17) is 15.0 Å². The van der Waals surface area contributed by atoms with Gasteiger partial charge in [-0.2, -0.15) is 0 Å². The molecule has 0 saturated carbocycles. The maximum Gasteiger partial charge on any atom is 0.189 e. The monoisotopic (exact) mass is 415 g/mol. The fourth-order valence-electron chi connectivity index (χ4n) is 4.08.